The van der Waals surface area contributed by atoms with Crippen LogP contribution in [0.4, 0.5) is 0 Å². The van der Waals surface area contributed by atoms with Gasteiger partial charge >= 0.3 is 5.97 Å². The number of rotatable bonds is 5. The third-order valence-corrected chi connectivity index (χ3v) is 5.84. The normalized spacial score (nSPS) is 17.5. The topological polar surface area (TPSA) is 66.8 Å². The molecule has 0 fully saturated rings. The zero-order valence-electron chi connectivity index (χ0n) is 17.2. The molecular formula is C24H30O4. The van der Waals surface area contributed by atoms with Gasteiger partial charge in [0.05, 0.1) is 24.9 Å². The van der Waals surface area contributed by atoms with Crippen molar-refractivity contribution in [3.63, 3.8) is 0 Å². The van der Waals surface area contributed by atoms with Gasteiger partial charge in [-0.1, -0.05) is 43.7 Å². The zero-order valence-corrected chi connectivity index (χ0v) is 17.2. The molecule has 28 heavy (non-hydrogen) atoms. The molecule has 0 bridgehead atoms. The van der Waals surface area contributed by atoms with Crippen molar-refractivity contribution in [2.45, 2.75) is 64.1 Å². The van der Waals surface area contributed by atoms with E-state index in [1.54, 1.807) is 24.3 Å². The fourth-order valence-corrected chi connectivity index (χ4v) is 4.46. The van der Waals surface area contributed by atoms with E-state index in [0.29, 0.717) is 11.1 Å². The number of benzene rings is 2. The van der Waals surface area contributed by atoms with Crippen LogP contribution in [0.2, 0.25) is 0 Å². The molecule has 3 rings (SSSR count). The number of ether oxygens (including phenoxy) is 1. The first kappa shape index (κ1) is 20.6. The summed E-state index contributed by atoms with van der Waals surface area (Å²) in [6.45, 7) is 6.52. The highest BCUT2D eigenvalue weighted by molar-refractivity contribution is 5.89. The minimum Gasteiger partial charge on any atom is -0.465 e. The van der Waals surface area contributed by atoms with E-state index in [1.165, 1.54) is 18.2 Å². The molecule has 0 aliphatic heterocycles. The summed E-state index contributed by atoms with van der Waals surface area (Å²) in [5, 5.41) is 21.7. The molecule has 2 unspecified atom stereocenters. The van der Waals surface area contributed by atoms with Crippen molar-refractivity contribution in [1.29, 1.82) is 0 Å². The first-order chi connectivity index (χ1) is 13.2. The molecule has 2 N–H and O–H groups in total. The summed E-state index contributed by atoms with van der Waals surface area (Å²) in [7, 11) is 1.34. The molecular weight excluding hydrogens is 352 g/mol. The van der Waals surface area contributed by atoms with E-state index in [1.807, 2.05) is 0 Å². The van der Waals surface area contributed by atoms with E-state index < -0.39 is 18.2 Å². The number of aliphatic hydroxyl groups excluding tert-OH is 2. The molecule has 0 saturated heterocycles. The van der Waals surface area contributed by atoms with Gasteiger partial charge in [-0.2, -0.15) is 0 Å². The quantitative estimate of drug-likeness (QED) is 0.745. The molecule has 2 aromatic rings. The molecule has 0 amide bonds. The van der Waals surface area contributed by atoms with Gasteiger partial charge in [0.2, 0.25) is 0 Å². The van der Waals surface area contributed by atoms with Gasteiger partial charge in [0.15, 0.2) is 0 Å². The smallest absolute Gasteiger partial charge is 0.337 e. The largest absolute Gasteiger partial charge is 0.465 e. The Bertz CT molecular complexity index is 852. The highest BCUT2D eigenvalue weighted by atomic mass is 16.5. The van der Waals surface area contributed by atoms with Crippen LogP contribution in [0.3, 0.4) is 0 Å². The Hall–Kier alpha value is -2.17. The number of aliphatic hydroxyl groups is 2. The molecule has 0 spiro atoms. The number of carbonyl (C=O) groups is 1. The first-order valence-electron chi connectivity index (χ1n) is 9.91. The van der Waals surface area contributed by atoms with E-state index in [2.05, 4.69) is 32.9 Å². The maximum absolute atomic E-state index is 11.6. The Balaban J connectivity index is 1.84. The summed E-state index contributed by atoms with van der Waals surface area (Å²) in [5.74, 6) is -0.408. The summed E-state index contributed by atoms with van der Waals surface area (Å²) in [6, 6.07) is 11.0. The van der Waals surface area contributed by atoms with Crippen LogP contribution in [-0.4, -0.2) is 23.3 Å². The second-order valence-electron chi connectivity index (χ2n) is 8.51. The first-order valence-corrected chi connectivity index (χ1v) is 9.91. The van der Waals surface area contributed by atoms with Crippen molar-refractivity contribution in [2.75, 3.05) is 7.11 Å². The van der Waals surface area contributed by atoms with Gasteiger partial charge in [0.1, 0.15) is 0 Å². The van der Waals surface area contributed by atoms with Crippen LogP contribution >= 0.6 is 0 Å². The van der Waals surface area contributed by atoms with E-state index in [4.69, 9.17) is 4.74 Å². The predicted molar refractivity (Wildman–Crippen MR) is 109 cm³/mol. The van der Waals surface area contributed by atoms with Crippen LogP contribution in [0, 0.1) is 6.92 Å². The van der Waals surface area contributed by atoms with E-state index in [-0.39, 0.29) is 11.8 Å². The molecule has 4 nitrogen and oxygen atoms in total. The molecule has 2 aromatic carbocycles. The second kappa shape index (κ2) is 8.06. The predicted octanol–water partition coefficient (Wildman–Crippen LogP) is 4.55. The minimum absolute atomic E-state index is 0.0186. The Kier molecular flexibility index (Phi) is 5.92. The van der Waals surface area contributed by atoms with E-state index in [9.17, 15) is 15.0 Å². The number of hydrogen-bond acceptors (Lipinski definition) is 4. The lowest BCUT2D eigenvalue weighted by atomic mass is 9.69. The van der Waals surface area contributed by atoms with E-state index in [0.717, 1.165) is 30.4 Å². The number of carbonyl (C=O) groups excluding carboxylic acids is 1. The standard InChI is InChI=1S/C24H30O4/c1-15-12-18-6-5-11-24(2,3)22(18)19(13-15)21(26)14-20(25)16-7-9-17(10-8-16)23(27)28-4/h7-10,12-13,20-21,25-26H,5-6,11,14H2,1-4H3. The van der Waals surface area contributed by atoms with Gasteiger partial charge in [-0.05, 0) is 66.0 Å². The summed E-state index contributed by atoms with van der Waals surface area (Å²) in [5.41, 5.74) is 5.77. The van der Waals surface area contributed by atoms with Crippen molar-refractivity contribution in [2.24, 2.45) is 0 Å². The van der Waals surface area contributed by atoms with Crippen molar-refractivity contribution in [1.82, 2.24) is 0 Å². The second-order valence-corrected chi connectivity index (χ2v) is 8.51. The maximum atomic E-state index is 11.6. The van der Waals surface area contributed by atoms with Crippen molar-refractivity contribution in [3.05, 3.63) is 69.8 Å². The SMILES string of the molecule is COC(=O)c1ccc(C(O)CC(O)c2cc(C)cc3c2C(C)(C)CCC3)cc1. The van der Waals surface area contributed by atoms with Crippen molar-refractivity contribution < 1.29 is 19.7 Å². The monoisotopic (exact) mass is 382 g/mol. The van der Waals surface area contributed by atoms with Crippen LogP contribution in [0.15, 0.2) is 36.4 Å². The van der Waals surface area contributed by atoms with E-state index >= 15 is 0 Å². The molecule has 0 heterocycles. The lowest BCUT2D eigenvalue weighted by molar-refractivity contribution is 0.0599. The third kappa shape index (κ3) is 4.13. The van der Waals surface area contributed by atoms with Crippen molar-refractivity contribution in [3.8, 4) is 0 Å². The summed E-state index contributed by atoms with van der Waals surface area (Å²) in [6.07, 6.45) is 1.95. The summed E-state index contributed by atoms with van der Waals surface area (Å²) < 4.78 is 4.70. The molecule has 4 heteroatoms. The Morgan fingerprint density at radius 1 is 1.14 bits per heavy atom. The Morgan fingerprint density at radius 2 is 1.82 bits per heavy atom. The third-order valence-electron chi connectivity index (χ3n) is 5.84. The molecule has 0 aromatic heterocycles. The average molecular weight is 383 g/mol. The van der Waals surface area contributed by atoms with Gasteiger partial charge in [-0.25, -0.2) is 4.79 Å². The zero-order chi connectivity index (χ0) is 20.5. The number of fused-ring (bicyclic) bond motifs is 1. The lowest BCUT2D eigenvalue weighted by Gasteiger charge is -2.36. The number of methoxy groups -OCH3 is 1. The molecule has 0 radical (unpaired) electrons. The van der Waals surface area contributed by atoms with Crippen LogP contribution in [0.25, 0.3) is 0 Å². The minimum atomic E-state index is -0.815. The lowest BCUT2D eigenvalue weighted by Crippen LogP contribution is -2.27. The Labute approximate surface area is 167 Å². The van der Waals surface area contributed by atoms with Crippen molar-refractivity contribution >= 4 is 5.97 Å². The highest BCUT2D eigenvalue weighted by Gasteiger charge is 2.32. The van der Waals surface area contributed by atoms with Gasteiger partial charge < -0.3 is 14.9 Å². The fraction of sp³-hybridized carbons (Fsp3) is 0.458. The van der Waals surface area contributed by atoms with Gasteiger partial charge in [0.25, 0.3) is 0 Å². The van der Waals surface area contributed by atoms with Crippen LogP contribution < -0.4 is 0 Å². The van der Waals surface area contributed by atoms with Crippen LogP contribution in [0.1, 0.15) is 83.5 Å². The summed E-state index contributed by atoms with van der Waals surface area (Å²) in [4.78, 5) is 11.6. The maximum Gasteiger partial charge on any atom is 0.337 e. The summed E-state index contributed by atoms with van der Waals surface area (Å²) >= 11 is 0. The molecule has 2 atom stereocenters. The van der Waals surface area contributed by atoms with Gasteiger partial charge in [-0.15, -0.1) is 0 Å². The van der Waals surface area contributed by atoms with Crippen LogP contribution in [0.5, 0.6) is 0 Å². The van der Waals surface area contributed by atoms with Crippen LogP contribution in [-0.2, 0) is 16.6 Å². The molecule has 0 saturated carbocycles. The number of hydrogen-bond donors (Lipinski definition) is 2. The molecule has 1 aliphatic carbocycles. The highest BCUT2D eigenvalue weighted by Crippen LogP contribution is 2.42. The van der Waals surface area contributed by atoms with Gasteiger partial charge in [0, 0.05) is 6.42 Å². The molecule has 1 aliphatic rings. The molecule has 150 valence electrons. The number of esters is 1. The Morgan fingerprint density at radius 3 is 2.46 bits per heavy atom. The fourth-order valence-electron chi connectivity index (χ4n) is 4.46. The number of aryl methyl sites for hydroxylation is 2. The van der Waals surface area contributed by atoms with Gasteiger partial charge in [-0.3, -0.25) is 0 Å². The average Bonchev–Trinajstić information content (AvgIpc) is 2.66.